The van der Waals surface area contributed by atoms with Crippen LogP contribution in [0.25, 0.3) is 0 Å². The van der Waals surface area contributed by atoms with Gasteiger partial charge in [-0.3, -0.25) is 0 Å². The molecule has 8 bridgehead atoms. The summed E-state index contributed by atoms with van der Waals surface area (Å²) < 4.78 is 0. The van der Waals surface area contributed by atoms with Crippen molar-refractivity contribution < 1.29 is 0 Å². The van der Waals surface area contributed by atoms with Crippen LogP contribution in [0, 0.1) is 40.4 Å². The average molecular weight is 231 g/mol. The molecule has 0 heterocycles. The van der Waals surface area contributed by atoms with Crippen molar-refractivity contribution in [1.82, 2.24) is 0 Å². The smallest absolute Gasteiger partial charge is 0.0165 e. The van der Waals surface area contributed by atoms with E-state index in [2.05, 4.69) is 13.8 Å². The summed E-state index contributed by atoms with van der Waals surface area (Å²) >= 11 is 0. The van der Waals surface area contributed by atoms with Crippen LogP contribution in [0.2, 0.25) is 0 Å². The van der Waals surface area contributed by atoms with Crippen LogP contribution in [0.1, 0.15) is 52.4 Å². The van der Waals surface area contributed by atoms with Gasteiger partial charge in [0.05, 0.1) is 0 Å². The zero-order valence-corrected chi connectivity index (χ0v) is 11.2. The monoisotopic (exact) mass is 231 g/mol. The third-order valence-electron chi connectivity index (χ3n) is 8.25. The highest BCUT2D eigenvalue weighted by molar-refractivity contribution is 5.25. The van der Waals surface area contributed by atoms with Gasteiger partial charge in [0.1, 0.15) is 0 Å². The van der Waals surface area contributed by atoms with Gasteiger partial charge in [-0.15, -0.1) is 0 Å². The summed E-state index contributed by atoms with van der Waals surface area (Å²) in [6.07, 6.45) is 8.72. The second-order valence-corrected chi connectivity index (χ2v) is 8.93. The van der Waals surface area contributed by atoms with Crippen LogP contribution in [-0.2, 0) is 0 Å². The van der Waals surface area contributed by atoms with Crippen LogP contribution in [0.5, 0.6) is 0 Å². The summed E-state index contributed by atoms with van der Waals surface area (Å²) in [6.45, 7) is 5.25. The summed E-state index contributed by atoms with van der Waals surface area (Å²) in [7, 11) is 0. The van der Waals surface area contributed by atoms with E-state index >= 15 is 0 Å². The van der Waals surface area contributed by atoms with Crippen molar-refractivity contribution in [3.8, 4) is 0 Å². The Balaban J connectivity index is 1.76. The lowest BCUT2D eigenvalue weighted by molar-refractivity contribution is -0.291. The molecule has 0 spiro atoms. The SMILES string of the molecule is CC12CC3CC4C1CC1(N)CC2C(C3)C4(C)C1. The predicted octanol–water partition coefficient (Wildman–Crippen LogP) is 3.19. The molecule has 7 saturated carbocycles. The van der Waals surface area contributed by atoms with E-state index in [4.69, 9.17) is 5.73 Å². The number of hydrogen-bond acceptors (Lipinski definition) is 1. The average Bonchev–Trinajstić information content (AvgIpc) is 2.24. The summed E-state index contributed by atoms with van der Waals surface area (Å²) in [5.41, 5.74) is 8.31. The van der Waals surface area contributed by atoms with Crippen LogP contribution in [0.15, 0.2) is 0 Å². The highest BCUT2D eigenvalue weighted by atomic mass is 14.9. The van der Waals surface area contributed by atoms with Crippen molar-refractivity contribution >= 4 is 0 Å². The minimum absolute atomic E-state index is 0.237. The standard InChI is InChI=1S/C16H25N/c1-14-5-9-3-10-12(14)6-16(17)7-13(14)11(4-9)15(10,2)8-16/h9-13H,3-8,17H2,1-2H3. The fraction of sp³-hybridized carbons (Fsp3) is 1.00. The van der Waals surface area contributed by atoms with E-state index < -0.39 is 0 Å². The third-order valence-corrected chi connectivity index (χ3v) is 8.25. The van der Waals surface area contributed by atoms with Gasteiger partial charge < -0.3 is 5.73 Å². The van der Waals surface area contributed by atoms with E-state index in [0.717, 1.165) is 29.6 Å². The maximum atomic E-state index is 6.75. The highest BCUT2D eigenvalue weighted by Gasteiger charge is 2.74. The molecule has 0 radical (unpaired) electrons. The molecule has 7 aliphatic rings. The van der Waals surface area contributed by atoms with Gasteiger partial charge in [-0.25, -0.2) is 0 Å². The molecule has 7 aliphatic carbocycles. The van der Waals surface area contributed by atoms with E-state index in [1.807, 2.05) is 0 Å². The Kier molecular flexibility index (Phi) is 1.36. The van der Waals surface area contributed by atoms with Gasteiger partial charge in [0.15, 0.2) is 0 Å². The molecular formula is C16H25N. The Morgan fingerprint density at radius 3 is 2.00 bits per heavy atom. The molecule has 1 heteroatoms. The molecule has 7 fully saturated rings. The van der Waals surface area contributed by atoms with Crippen molar-refractivity contribution in [3.63, 3.8) is 0 Å². The topological polar surface area (TPSA) is 26.0 Å². The molecule has 0 saturated heterocycles. The fourth-order valence-electron chi connectivity index (χ4n) is 8.04. The largest absolute Gasteiger partial charge is 0.325 e. The van der Waals surface area contributed by atoms with E-state index in [-0.39, 0.29) is 5.54 Å². The first-order valence-corrected chi connectivity index (χ1v) is 7.74. The van der Waals surface area contributed by atoms with Crippen LogP contribution in [-0.4, -0.2) is 5.54 Å². The zero-order valence-electron chi connectivity index (χ0n) is 11.2. The van der Waals surface area contributed by atoms with Crippen molar-refractivity contribution in [2.75, 3.05) is 0 Å². The van der Waals surface area contributed by atoms with Crippen molar-refractivity contribution in [3.05, 3.63) is 0 Å². The second-order valence-electron chi connectivity index (χ2n) is 8.93. The minimum Gasteiger partial charge on any atom is -0.325 e. The third kappa shape index (κ3) is 0.837. The molecule has 2 N–H and O–H groups in total. The summed E-state index contributed by atoms with van der Waals surface area (Å²) in [5, 5.41) is 0. The quantitative estimate of drug-likeness (QED) is 0.681. The first-order chi connectivity index (χ1) is 7.95. The van der Waals surface area contributed by atoms with Crippen LogP contribution < -0.4 is 5.73 Å². The number of nitrogens with two attached hydrogens (primary N) is 1. The molecular weight excluding hydrogens is 206 g/mol. The number of rotatable bonds is 0. The zero-order chi connectivity index (χ0) is 11.6. The Morgan fingerprint density at radius 1 is 0.824 bits per heavy atom. The van der Waals surface area contributed by atoms with Crippen LogP contribution >= 0.6 is 0 Å². The van der Waals surface area contributed by atoms with Crippen LogP contribution in [0.4, 0.5) is 0 Å². The van der Waals surface area contributed by atoms with Crippen molar-refractivity contribution in [1.29, 1.82) is 0 Å². The molecule has 0 aromatic rings. The molecule has 0 aliphatic heterocycles. The van der Waals surface area contributed by atoms with Crippen molar-refractivity contribution in [2.24, 2.45) is 46.2 Å². The fourth-order valence-corrected chi connectivity index (χ4v) is 8.04. The van der Waals surface area contributed by atoms with Crippen molar-refractivity contribution in [2.45, 2.75) is 57.9 Å². The molecule has 0 aromatic carbocycles. The number of hydrogen-bond donors (Lipinski definition) is 1. The maximum absolute atomic E-state index is 6.75. The van der Waals surface area contributed by atoms with Gasteiger partial charge in [-0.05, 0) is 78.9 Å². The summed E-state index contributed by atoms with van der Waals surface area (Å²) in [6, 6.07) is 0. The summed E-state index contributed by atoms with van der Waals surface area (Å²) in [4.78, 5) is 0. The molecule has 0 amide bonds. The second kappa shape index (κ2) is 2.35. The van der Waals surface area contributed by atoms with E-state index in [9.17, 15) is 0 Å². The Bertz CT molecular complexity index is 388. The van der Waals surface area contributed by atoms with E-state index in [1.165, 1.54) is 19.3 Å². The van der Waals surface area contributed by atoms with E-state index in [1.54, 1.807) is 19.3 Å². The molecule has 4 atom stereocenters. The minimum atomic E-state index is 0.237. The normalized spacial score (nSPS) is 74.6. The van der Waals surface area contributed by atoms with Gasteiger partial charge in [-0.1, -0.05) is 13.8 Å². The highest BCUT2D eigenvalue weighted by Crippen LogP contribution is 2.79. The molecule has 17 heavy (non-hydrogen) atoms. The summed E-state index contributed by atoms with van der Waals surface area (Å²) in [5.74, 6) is 5.13. The Morgan fingerprint density at radius 2 is 1.41 bits per heavy atom. The lowest BCUT2D eigenvalue weighted by atomic mass is 9.26. The Hall–Kier alpha value is -0.0400. The van der Waals surface area contributed by atoms with Gasteiger partial charge in [0.25, 0.3) is 0 Å². The van der Waals surface area contributed by atoms with Gasteiger partial charge in [0.2, 0.25) is 0 Å². The lowest BCUT2D eigenvalue weighted by Gasteiger charge is -2.79. The predicted molar refractivity (Wildman–Crippen MR) is 68.3 cm³/mol. The molecule has 94 valence electrons. The van der Waals surface area contributed by atoms with Crippen LogP contribution in [0.3, 0.4) is 0 Å². The molecule has 4 unspecified atom stereocenters. The molecule has 0 aromatic heterocycles. The van der Waals surface area contributed by atoms with Gasteiger partial charge in [0, 0.05) is 5.54 Å². The Labute approximate surface area is 105 Å². The molecule has 1 nitrogen and oxygen atoms in total. The first-order valence-electron chi connectivity index (χ1n) is 7.74. The van der Waals surface area contributed by atoms with Gasteiger partial charge in [-0.2, -0.15) is 0 Å². The first kappa shape index (κ1) is 9.83. The maximum Gasteiger partial charge on any atom is 0.0165 e. The van der Waals surface area contributed by atoms with Gasteiger partial charge >= 0.3 is 0 Å². The van der Waals surface area contributed by atoms with E-state index in [0.29, 0.717) is 10.8 Å². The lowest BCUT2D eigenvalue weighted by Crippen LogP contribution is -2.76. The molecule has 7 rings (SSSR count).